The topological polar surface area (TPSA) is 95.1 Å². The van der Waals surface area contributed by atoms with E-state index in [4.69, 9.17) is 22.2 Å². The number of hydrogen-bond acceptors (Lipinski definition) is 6. The number of nitrogen functional groups attached to an aromatic ring is 1. The minimum Gasteiger partial charge on any atom is -0.485 e. The van der Waals surface area contributed by atoms with Crippen LogP contribution in [-0.4, -0.2) is 33.1 Å². The zero-order valence-corrected chi connectivity index (χ0v) is 20.0. The maximum atomic E-state index is 12.2. The van der Waals surface area contributed by atoms with Gasteiger partial charge in [-0.1, -0.05) is 61.5 Å². The van der Waals surface area contributed by atoms with E-state index in [0.29, 0.717) is 34.9 Å². The highest BCUT2D eigenvalue weighted by Gasteiger charge is 2.14. The summed E-state index contributed by atoms with van der Waals surface area (Å²) in [4.78, 5) is 12.2. The molecule has 0 unspecified atom stereocenters. The van der Waals surface area contributed by atoms with E-state index in [-0.39, 0.29) is 18.3 Å². The van der Waals surface area contributed by atoms with Crippen molar-refractivity contribution in [1.29, 1.82) is 0 Å². The number of carbonyl (C=O) groups is 1. The summed E-state index contributed by atoms with van der Waals surface area (Å²) in [6.07, 6.45) is 0.711. The molecule has 0 spiro atoms. The average molecular weight is 474 g/mol. The van der Waals surface area contributed by atoms with Gasteiger partial charge >= 0.3 is 0 Å². The van der Waals surface area contributed by atoms with Crippen molar-refractivity contribution >= 4 is 29.3 Å². The minimum atomic E-state index is -0.0980. The summed E-state index contributed by atoms with van der Waals surface area (Å²) < 4.78 is 7.36. The first kappa shape index (κ1) is 23.9. The number of carbonyl (C=O) groups excluding carboxylic acids is 1. The zero-order valence-electron chi connectivity index (χ0n) is 18.5. The number of nitrogens with zero attached hydrogens (tertiary/aromatic N) is 3. The average Bonchev–Trinajstić information content (AvgIpc) is 3.10. The summed E-state index contributed by atoms with van der Waals surface area (Å²) in [6.45, 7) is 6.99. The molecule has 3 rings (SSSR count). The van der Waals surface area contributed by atoms with Crippen LogP contribution in [0, 0.1) is 6.92 Å². The molecule has 0 aliphatic rings. The van der Waals surface area contributed by atoms with Crippen molar-refractivity contribution < 1.29 is 9.53 Å². The van der Waals surface area contributed by atoms with Crippen molar-refractivity contribution in [2.45, 2.75) is 44.9 Å². The van der Waals surface area contributed by atoms with Gasteiger partial charge in [-0.05, 0) is 54.2 Å². The third kappa shape index (κ3) is 6.64. The second kappa shape index (κ2) is 11.2. The van der Waals surface area contributed by atoms with Crippen molar-refractivity contribution in [2.75, 3.05) is 18.1 Å². The van der Waals surface area contributed by atoms with Crippen LogP contribution in [0.4, 0.5) is 0 Å². The number of nitrogens with two attached hydrogens (primary N) is 1. The Balaban J connectivity index is 1.48. The van der Waals surface area contributed by atoms with Gasteiger partial charge in [0.1, 0.15) is 12.4 Å². The molecule has 7 nitrogen and oxygen atoms in total. The molecule has 3 N–H and O–H groups in total. The van der Waals surface area contributed by atoms with Gasteiger partial charge in [0.25, 0.3) is 0 Å². The molecular formula is C23H28ClN5O2S. The summed E-state index contributed by atoms with van der Waals surface area (Å²) in [6, 6.07) is 13.8. The lowest BCUT2D eigenvalue weighted by Gasteiger charge is -2.14. The predicted molar refractivity (Wildman–Crippen MR) is 129 cm³/mol. The van der Waals surface area contributed by atoms with Crippen LogP contribution < -0.4 is 15.9 Å². The van der Waals surface area contributed by atoms with E-state index in [1.165, 1.54) is 16.4 Å². The van der Waals surface area contributed by atoms with Gasteiger partial charge in [0, 0.05) is 11.6 Å². The fourth-order valence-electron chi connectivity index (χ4n) is 3.11. The first-order valence-electron chi connectivity index (χ1n) is 10.4. The largest absolute Gasteiger partial charge is 0.485 e. The molecule has 0 aliphatic carbocycles. The number of thioether (sulfide) groups is 1. The molecule has 0 bridgehead atoms. The monoisotopic (exact) mass is 473 g/mol. The van der Waals surface area contributed by atoms with Crippen molar-refractivity contribution in [3.05, 3.63) is 70.0 Å². The number of rotatable bonds is 10. The highest BCUT2D eigenvalue weighted by atomic mass is 35.5. The molecule has 9 heteroatoms. The van der Waals surface area contributed by atoms with Gasteiger partial charge in [-0.3, -0.25) is 4.79 Å². The van der Waals surface area contributed by atoms with Crippen LogP contribution in [0.15, 0.2) is 47.6 Å². The molecule has 2 aromatic carbocycles. The zero-order chi connectivity index (χ0) is 23.1. The van der Waals surface area contributed by atoms with Crippen LogP contribution in [0.1, 0.15) is 42.3 Å². The molecule has 0 saturated heterocycles. The van der Waals surface area contributed by atoms with Crippen LogP contribution >= 0.6 is 23.4 Å². The third-order valence-electron chi connectivity index (χ3n) is 4.84. The van der Waals surface area contributed by atoms with Crippen LogP contribution in [0.25, 0.3) is 0 Å². The summed E-state index contributed by atoms with van der Waals surface area (Å²) in [7, 11) is 0. The molecule has 3 aromatic rings. The van der Waals surface area contributed by atoms with E-state index >= 15 is 0 Å². The maximum Gasteiger partial charge on any atom is 0.230 e. The molecule has 1 heterocycles. The Labute approximate surface area is 197 Å². The lowest BCUT2D eigenvalue weighted by molar-refractivity contribution is -0.118. The molecular weight excluding hydrogens is 446 g/mol. The predicted octanol–water partition coefficient (Wildman–Crippen LogP) is 4.11. The van der Waals surface area contributed by atoms with E-state index in [1.807, 2.05) is 37.3 Å². The Morgan fingerprint density at radius 2 is 2.06 bits per heavy atom. The lowest BCUT2D eigenvalue weighted by Crippen LogP contribution is -2.27. The van der Waals surface area contributed by atoms with E-state index in [0.717, 1.165) is 22.4 Å². The van der Waals surface area contributed by atoms with Gasteiger partial charge in [0.2, 0.25) is 11.1 Å². The Hall–Kier alpha value is -2.71. The van der Waals surface area contributed by atoms with Gasteiger partial charge in [-0.25, -0.2) is 4.68 Å². The fourth-order valence-corrected chi connectivity index (χ4v) is 4.03. The van der Waals surface area contributed by atoms with Crippen LogP contribution in [-0.2, 0) is 17.8 Å². The number of halogens is 1. The van der Waals surface area contributed by atoms with Crippen molar-refractivity contribution in [3.8, 4) is 5.75 Å². The second-order valence-electron chi connectivity index (χ2n) is 7.77. The highest BCUT2D eigenvalue weighted by Crippen LogP contribution is 2.28. The van der Waals surface area contributed by atoms with E-state index in [9.17, 15) is 4.79 Å². The summed E-state index contributed by atoms with van der Waals surface area (Å²) >= 11 is 7.21. The normalized spacial score (nSPS) is 11.0. The summed E-state index contributed by atoms with van der Waals surface area (Å²) in [5.41, 5.74) is 3.32. The van der Waals surface area contributed by atoms with Gasteiger partial charge in [0.15, 0.2) is 5.82 Å². The number of benzene rings is 2. The number of nitrogens with one attached hydrogen (secondary N) is 1. The molecule has 1 aromatic heterocycles. The SMILES string of the molecule is Cc1ccc(C(C)C)c(OCc2nnc(SCC(=O)NCCc3cccc(Cl)c3)n2N)c1. The first-order valence-corrected chi connectivity index (χ1v) is 11.8. The number of hydrogen-bond donors (Lipinski definition) is 2. The number of aryl methyl sites for hydroxylation is 1. The standard InChI is InChI=1S/C23H28ClN5O2S/c1-15(2)19-8-7-16(3)11-20(19)31-13-21-27-28-23(29(21)25)32-14-22(30)26-10-9-17-5-4-6-18(24)12-17/h4-8,11-12,15H,9-10,13-14,25H2,1-3H3,(H,26,30). The van der Waals surface area contributed by atoms with Crippen LogP contribution in [0.3, 0.4) is 0 Å². The molecule has 1 amide bonds. The Kier molecular flexibility index (Phi) is 8.41. The van der Waals surface area contributed by atoms with Crippen molar-refractivity contribution in [3.63, 3.8) is 0 Å². The molecule has 0 radical (unpaired) electrons. The van der Waals surface area contributed by atoms with Gasteiger partial charge < -0.3 is 15.9 Å². The smallest absolute Gasteiger partial charge is 0.230 e. The molecule has 0 saturated carbocycles. The number of amides is 1. The Morgan fingerprint density at radius 1 is 1.25 bits per heavy atom. The molecule has 170 valence electrons. The van der Waals surface area contributed by atoms with Crippen LogP contribution in [0.5, 0.6) is 5.75 Å². The second-order valence-corrected chi connectivity index (χ2v) is 9.15. The van der Waals surface area contributed by atoms with Gasteiger partial charge in [0.05, 0.1) is 5.75 Å². The third-order valence-corrected chi connectivity index (χ3v) is 6.02. The van der Waals surface area contributed by atoms with E-state index in [1.54, 1.807) is 0 Å². The Bertz CT molecular complexity index is 1070. The fraction of sp³-hybridized carbons (Fsp3) is 0.348. The summed E-state index contributed by atoms with van der Waals surface area (Å²) in [5, 5.41) is 12.2. The van der Waals surface area contributed by atoms with Gasteiger partial charge in [-0.15, -0.1) is 10.2 Å². The van der Waals surface area contributed by atoms with E-state index in [2.05, 4.69) is 41.5 Å². The van der Waals surface area contributed by atoms with Gasteiger partial charge in [-0.2, -0.15) is 0 Å². The molecule has 32 heavy (non-hydrogen) atoms. The van der Waals surface area contributed by atoms with Crippen LogP contribution in [0.2, 0.25) is 5.02 Å². The quantitative estimate of drug-likeness (QED) is 0.340. The number of aromatic nitrogens is 3. The van der Waals surface area contributed by atoms with Crippen molar-refractivity contribution in [1.82, 2.24) is 20.2 Å². The Morgan fingerprint density at radius 3 is 2.81 bits per heavy atom. The lowest BCUT2D eigenvalue weighted by atomic mass is 10.0. The highest BCUT2D eigenvalue weighted by molar-refractivity contribution is 7.99. The number of ether oxygens (including phenoxy) is 1. The van der Waals surface area contributed by atoms with E-state index < -0.39 is 0 Å². The molecule has 0 aliphatic heterocycles. The van der Waals surface area contributed by atoms with Crippen molar-refractivity contribution in [2.24, 2.45) is 0 Å². The summed E-state index contributed by atoms with van der Waals surface area (Å²) in [5.74, 6) is 7.86. The maximum absolute atomic E-state index is 12.2. The molecule has 0 fully saturated rings. The minimum absolute atomic E-state index is 0.0980. The molecule has 0 atom stereocenters. The first-order chi connectivity index (χ1) is 15.3.